The third kappa shape index (κ3) is 3.48. The van der Waals surface area contributed by atoms with E-state index in [9.17, 15) is 0 Å². The van der Waals surface area contributed by atoms with Crippen LogP contribution in [0.4, 0.5) is 0 Å². The third-order valence-electron chi connectivity index (χ3n) is 2.22. The van der Waals surface area contributed by atoms with E-state index in [0.29, 0.717) is 5.41 Å². The van der Waals surface area contributed by atoms with Crippen molar-refractivity contribution < 1.29 is 0 Å². The normalized spacial score (nSPS) is 12.8. The fourth-order valence-corrected chi connectivity index (χ4v) is 4.78. The number of hydrogen-bond donors (Lipinski definition) is 0. The largest absolute Gasteiger partial charge is 0.0673 e. The zero-order valence-electron chi connectivity index (χ0n) is 9.22. The molecule has 0 atom stereocenters. The van der Waals surface area contributed by atoms with Crippen LogP contribution in [0.3, 0.4) is 0 Å². The summed E-state index contributed by atoms with van der Waals surface area (Å²) in [6.45, 7) is 6.95. The minimum absolute atomic E-state index is 0.132. The molecule has 0 nitrogen and oxygen atoms in total. The van der Waals surface area contributed by atoms with Crippen molar-refractivity contribution in [2.24, 2.45) is 5.41 Å². The molecule has 0 fully saturated rings. The van der Waals surface area contributed by atoms with Crippen molar-refractivity contribution in [3.05, 3.63) is 29.8 Å². The van der Waals surface area contributed by atoms with Gasteiger partial charge in [0.05, 0.1) is 0 Å². The summed E-state index contributed by atoms with van der Waals surface area (Å²) < 4.78 is 0. The van der Waals surface area contributed by atoms with Crippen LogP contribution in [-0.4, -0.2) is 18.8 Å². The molecule has 1 aromatic rings. The zero-order chi connectivity index (χ0) is 9.90. The van der Waals surface area contributed by atoms with Gasteiger partial charge in [-0.25, -0.2) is 0 Å². The molecule has 0 spiro atoms. The lowest BCUT2D eigenvalue weighted by Crippen LogP contribution is -2.23. The first kappa shape index (κ1) is 10.7. The highest BCUT2D eigenvalue weighted by Gasteiger charge is 2.12. The molecule has 0 saturated heterocycles. The Kier molecular flexibility index (Phi) is 3.50. The van der Waals surface area contributed by atoms with Gasteiger partial charge in [0, 0.05) is 9.04 Å². The molecule has 0 amide bonds. The lowest BCUT2D eigenvalue weighted by atomic mass is 9.88. The van der Waals surface area contributed by atoms with Gasteiger partial charge in [-0.15, -0.1) is 0 Å². The van der Waals surface area contributed by atoms with Crippen molar-refractivity contribution in [3.8, 4) is 0 Å². The van der Waals surface area contributed by atoms with E-state index in [4.69, 9.17) is 0 Å². The van der Waals surface area contributed by atoms with Crippen LogP contribution in [0.2, 0.25) is 0 Å². The van der Waals surface area contributed by atoms with Crippen LogP contribution in [0.15, 0.2) is 24.3 Å². The lowest BCUT2D eigenvalue weighted by Gasteiger charge is -2.20. The topological polar surface area (TPSA) is 0 Å². The van der Waals surface area contributed by atoms with E-state index in [0.717, 1.165) is 0 Å². The molecule has 0 saturated carbocycles. The van der Waals surface area contributed by atoms with Crippen molar-refractivity contribution in [2.75, 3.05) is 0 Å². The average molecular weight is 208 g/mol. The SMILES string of the molecule is CC(C)(C)Cc1ccccc1[SiH2][SiH3]. The van der Waals surface area contributed by atoms with E-state index in [-0.39, 0.29) is 9.04 Å². The maximum atomic E-state index is 2.33. The van der Waals surface area contributed by atoms with E-state index >= 15 is 0 Å². The summed E-state index contributed by atoms with van der Waals surface area (Å²) >= 11 is 0. The molecule has 0 bridgehead atoms. The fourth-order valence-electron chi connectivity index (χ4n) is 1.65. The lowest BCUT2D eigenvalue weighted by molar-refractivity contribution is 0.412. The highest BCUT2D eigenvalue weighted by molar-refractivity contribution is 6.97. The Morgan fingerprint density at radius 3 is 2.38 bits per heavy atom. The molecule has 0 aromatic heterocycles. The standard InChI is InChI=1S/C11H20Si2/c1-11(2,3)8-9-6-4-5-7-10(9)13-12/h4-7H,8,13H2,1-3,12H3. The number of rotatable bonds is 2. The molecule has 2 heteroatoms. The maximum absolute atomic E-state index is 2.33. The summed E-state index contributed by atoms with van der Waals surface area (Å²) in [6, 6.07) is 9.01. The molecule has 0 unspecified atom stereocenters. The molecular formula is C11H20Si2. The molecule has 0 heterocycles. The summed E-state index contributed by atoms with van der Waals surface area (Å²) in [7, 11) is 1.54. The van der Waals surface area contributed by atoms with Crippen molar-refractivity contribution in [2.45, 2.75) is 27.2 Å². The van der Waals surface area contributed by atoms with Crippen molar-refractivity contribution in [1.29, 1.82) is 0 Å². The second-order valence-electron chi connectivity index (χ2n) is 4.86. The highest BCUT2D eigenvalue weighted by atomic mass is 29.1. The van der Waals surface area contributed by atoms with Crippen LogP contribution >= 0.6 is 0 Å². The Morgan fingerprint density at radius 1 is 1.23 bits per heavy atom. The molecule has 72 valence electrons. The highest BCUT2D eigenvalue weighted by Crippen LogP contribution is 2.18. The van der Waals surface area contributed by atoms with Crippen LogP contribution in [0.25, 0.3) is 0 Å². The van der Waals surface area contributed by atoms with Gasteiger partial charge in [-0.1, -0.05) is 50.2 Å². The second-order valence-corrected chi connectivity index (χ2v) is 8.45. The fraction of sp³-hybridized carbons (Fsp3) is 0.455. The first-order valence-corrected chi connectivity index (χ1v) is 11.5. The molecule has 0 aliphatic carbocycles. The van der Waals surface area contributed by atoms with Crippen LogP contribution in [0.5, 0.6) is 0 Å². The van der Waals surface area contributed by atoms with Gasteiger partial charge in [0.1, 0.15) is 0 Å². The van der Waals surface area contributed by atoms with Crippen molar-refractivity contribution in [3.63, 3.8) is 0 Å². The summed E-state index contributed by atoms with van der Waals surface area (Å²) in [5, 5.41) is 1.70. The average Bonchev–Trinajstić information content (AvgIpc) is 2.02. The molecule has 1 aromatic carbocycles. The first-order valence-electron chi connectivity index (χ1n) is 5.10. The monoisotopic (exact) mass is 208 g/mol. The van der Waals surface area contributed by atoms with Gasteiger partial charge >= 0.3 is 0 Å². The van der Waals surface area contributed by atoms with E-state index in [2.05, 4.69) is 45.0 Å². The Bertz CT molecular complexity index is 274. The van der Waals surface area contributed by atoms with E-state index in [1.54, 1.807) is 10.8 Å². The predicted octanol–water partition coefficient (Wildman–Crippen LogP) is 0.350. The zero-order valence-corrected chi connectivity index (χ0v) is 12.6. The smallest absolute Gasteiger partial charge is 0.0388 e. The van der Waals surface area contributed by atoms with Gasteiger partial charge in [0.25, 0.3) is 0 Å². The predicted molar refractivity (Wildman–Crippen MR) is 67.7 cm³/mol. The van der Waals surface area contributed by atoms with Gasteiger partial charge < -0.3 is 0 Å². The minimum atomic E-state index is 0.132. The summed E-state index contributed by atoms with van der Waals surface area (Å²) in [4.78, 5) is 0. The summed E-state index contributed by atoms with van der Waals surface area (Å²) in [5.41, 5.74) is 2.04. The van der Waals surface area contributed by atoms with Gasteiger partial charge in [-0.2, -0.15) is 0 Å². The Balaban J connectivity index is 2.87. The molecule has 0 radical (unpaired) electrons. The molecule has 0 aliphatic rings. The second kappa shape index (κ2) is 4.24. The van der Waals surface area contributed by atoms with Gasteiger partial charge in [-0.05, 0) is 27.2 Å². The summed E-state index contributed by atoms with van der Waals surface area (Å²) in [6.07, 6.45) is 1.23. The van der Waals surface area contributed by atoms with Crippen molar-refractivity contribution in [1.82, 2.24) is 0 Å². The third-order valence-corrected chi connectivity index (χ3v) is 5.96. The number of benzene rings is 1. The first-order chi connectivity index (χ1) is 6.03. The van der Waals surface area contributed by atoms with E-state index < -0.39 is 0 Å². The van der Waals surface area contributed by atoms with E-state index in [1.807, 2.05) is 0 Å². The molecule has 1 rings (SSSR count). The van der Waals surface area contributed by atoms with Crippen LogP contribution in [-0.2, 0) is 6.42 Å². The number of hydrogen-bond acceptors (Lipinski definition) is 0. The van der Waals surface area contributed by atoms with Crippen LogP contribution in [0.1, 0.15) is 26.3 Å². The Morgan fingerprint density at radius 2 is 1.85 bits per heavy atom. The van der Waals surface area contributed by atoms with Gasteiger partial charge in [0.2, 0.25) is 0 Å². The Hall–Kier alpha value is -0.346. The van der Waals surface area contributed by atoms with E-state index in [1.165, 1.54) is 16.2 Å². The minimum Gasteiger partial charge on any atom is -0.0673 e. The molecule has 0 aliphatic heterocycles. The van der Waals surface area contributed by atoms with Crippen LogP contribution in [0, 0.1) is 5.41 Å². The Labute approximate surface area is 86.8 Å². The van der Waals surface area contributed by atoms with Gasteiger partial charge in [0.15, 0.2) is 0 Å². The quantitative estimate of drug-likeness (QED) is 0.615. The van der Waals surface area contributed by atoms with Gasteiger partial charge in [-0.3, -0.25) is 0 Å². The van der Waals surface area contributed by atoms with Crippen molar-refractivity contribution >= 4 is 24.0 Å². The molecular weight excluding hydrogens is 188 g/mol. The maximum Gasteiger partial charge on any atom is 0.0388 e. The van der Waals surface area contributed by atoms with Crippen LogP contribution < -0.4 is 5.19 Å². The summed E-state index contributed by atoms with van der Waals surface area (Å²) in [5.74, 6) is 0. The molecule has 13 heavy (non-hydrogen) atoms. The molecule has 0 N–H and O–H groups in total.